The molecule has 1 rings (SSSR count). The highest BCUT2D eigenvalue weighted by Crippen LogP contribution is 2.27. The van der Waals surface area contributed by atoms with E-state index in [1.807, 2.05) is 0 Å². The number of phenols is 1. The van der Waals surface area contributed by atoms with E-state index in [0.29, 0.717) is 0 Å². The molecule has 1 aromatic rings. The first-order valence-corrected chi connectivity index (χ1v) is 6.17. The first kappa shape index (κ1) is 16.1. The van der Waals surface area contributed by atoms with Crippen molar-refractivity contribution in [2.75, 3.05) is 0 Å². The maximum atomic E-state index is 11.4. The minimum Gasteiger partial charge on any atom is -0.508 e. The maximum absolute atomic E-state index is 11.4. The van der Waals surface area contributed by atoms with E-state index in [2.05, 4.69) is 11.8 Å². The largest absolute Gasteiger partial charge is 0.508 e. The van der Waals surface area contributed by atoms with Crippen molar-refractivity contribution < 1.29 is 24.2 Å². The highest BCUT2D eigenvalue weighted by molar-refractivity contribution is 5.74. The highest BCUT2D eigenvalue weighted by Gasteiger charge is 2.10. The number of carbonyl (C=O) groups is 2. The number of aromatic hydroxyl groups is 1. The van der Waals surface area contributed by atoms with Crippen LogP contribution < -0.4 is 9.47 Å². The number of hydrogen-bond donors (Lipinski definition) is 1. The SMILES string of the molecule is C#CCCC(=O)Oc1cc(O)cc(OC(=O)CCC#C)c1. The van der Waals surface area contributed by atoms with E-state index in [1.165, 1.54) is 18.2 Å². The predicted octanol–water partition coefficient (Wildman–Crippen LogP) is 2.03. The van der Waals surface area contributed by atoms with Crippen molar-refractivity contribution in [3.8, 4) is 41.9 Å². The van der Waals surface area contributed by atoms with Gasteiger partial charge in [-0.15, -0.1) is 24.7 Å². The van der Waals surface area contributed by atoms with Crippen LogP contribution in [0.2, 0.25) is 0 Å². The molecule has 0 aliphatic heterocycles. The zero-order valence-corrected chi connectivity index (χ0v) is 11.3. The van der Waals surface area contributed by atoms with Gasteiger partial charge in [-0.3, -0.25) is 9.59 Å². The molecule has 0 bridgehead atoms. The Bertz CT molecular complexity index is 554. The smallest absolute Gasteiger partial charge is 0.312 e. The summed E-state index contributed by atoms with van der Waals surface area (Å²) >= 11 is 0. The molecule has 5 heteroatoms. The van der Waals surface area contributed by atoms with Crippen molar-refractivity contribution in [2.24, 2.45) is 0 Å². The molecule has 0 radical (unpaired) electrons. The molecule has 0 heterocycles. The molecule has 0 fully saturated rings. The first-order chi connectivity index (χ1) is 10.0. The minimum absolute atomic E-state index is 0.0590. The summed E-state index contributed by atoms with van der Waals surface area (Å²) in [7, 11) is 0. The number of benzene rings is 1. The van der Waals surface area contributed by atoms with Gasteiger partial charge < -0.3 is 14.6 Å². The third kappa shape index (κ3) is 6.17. The Labute approximate surface area is 122 Å². The van der Waals surface area contributed by atoms with E-state index >= 15 is 0 Å². The summed E-state index contributed by atoms with van der Waals surface area (Å²) in [6.45, 7) is 0. The molecular weight excluding hydrogens is 272 g/mol. The zero-order chi connectivity index (χ0) is 15.7. The molecule has 5 nitrogen and oxygen atoms in total. The number of esters is 2. The first-order valence-electron chi connectivity index (χ1n) is 6.17. The fraction of sp³-hybridized carbons (Fsp3) is 0.250. The van der Waals surface area contributed by atoms with Gasteiger partial charge in [-0.25, -0.2) is 0 Å². The third-order valence-corrected chi connectivity index (χ3v) is 2.28. The summed E-state index contributed by atoms with van der Waals surface area (Å²) in [6, 6.07) is 3.78. The van der Waals surface area contributed by atoms with E-state index in [0.717, 1.165) is 0 Å². The molecule has 21 heavy (non-hydrogen) atoms. The van der Waals surface area contributed by atoms with Gasteiger partial charge in [-0.1, -0.05) is 0 Å². The van der Waals surface area contributed by atoms with Gasteiger partial charge in [0.25, 0.3) is 0 Å². The van der Waals surface area contributed by atoms with Crippen molar-refractivity contribution in [3.05, 3.63) is 18.2 Å². The van der Waals surface area contributed by atoms with E-state index in [9.17, 15) is 14.7 Å². The molecule has 0 amide bonds. The van der Waals surface area contributed by atoms with Crippen LogP contribution >= 0.6 is 0 Å². The van der Waals surface area contributed by atoms with Crippen LogP contribution in [0.15, 0.2) is 18.2 Å². The summed E-state index contributed by atoms with van der Waals surface area (Å²) in [5.41, 5.74) is 0. The molecule has 1 aromatic carbocycles. The zero-order valence-electron chi connectivity index (χ0n) is 11.3. The molecule has 1 N–H and O–H groups in total. The Morgan fingerprint density at radius 3 is 1.76 bits per heavy atom. The molecule has 0 spiro atoms. The van der Waals surface area contributed by atoms with E-state index in [4.69, 9.17) is 22.3 Å². The molecule has 0 saturated heterocycles. The van der Waals surface area contributed by atoms with Gasteiger partial charge in [0.1, 0.15) is 17.2 Å². The second-order valence-corrected chi connectivity index (χ2v) is 4.02. The Morgan fingerprint density at radius 1 is 0.952 bits per heavy atom. The summed E-state index contributed by atoms with van der Waals surface area (Å²) in [6.07, 6.45) is 10.7. The maximum Gasteiger partial charge on any atom is 0.312 e. The van der Waals surface area contributed by atoms with E-state index in [1.54, 1.807) is 0 Å². The van der Waals surface area contributed by atoms with Gasteiger partial charge in [0.2, 0.25) is 0 Å². The lowest BCUT2D eigenvalue weighted by Crippen LogP contribution is -2.09. The predicted molar refractivity (Wildman–Crippen MR) is 75.5 cm³/mol. The second kappa shape index (κ2) is 8.29. The average molecular weight is 286 g/mol. The van der Waals surface area contributed by atoms with Crippen molar-refractivity contribution in [1.82, 2.24) is 0 Å². The summed E-state index contributed by atoms with van der Waals surface area (Å²) in [4.78, 5) is 22.9. The molecule has 0 aliphatic carbocycles. The van der Waals surface area contributed by atoms with Gasteiger partial charge in [0, 0.05) is 31.0 Å². The molecular formula is C16H14O5. The highest BCUT2D eigenvalue weighted by atomic mass is 16.5. The Balaban J connectivity index is 2.71. The number of rotatable bonds is 6. The molecule has 0 atom stereocenters. The number of carbonyl (C=O) groups excluding carboxylic acids is 2. The monoisotopic (exact) mass is 286 g/mol. The Hall–Kier alpha value is -2.92. The van der Waals surface area contributed by atoms with Gasteiger partial charge in [0.15, 0.2) is 0 Å². The lowest BCUT2D eigenvalue weighted by Gasteiger charge is -2.08. The summed E-state index contributed by atoms with van der Waals surface area (Å²) in [5.74, 6) is 3.49. The summed E-state index contributed by atoms with van der Waals surface area (Å²) < 4.78 is 9.97. The topological polar surface area (TPSA) is 72.8 Å². The van der Waals surface area contributed by atoms with Crippen LogP contribution in [0.5, 0.6) is 17.2 Å². The van der Waals surface area contributed by atoms with Crippen molar-refractivity contribution in [1.29, 1.82) is 0 Å². The van der Waals surface area contributed by atoms with Gasteiger partial charge >= 0.3 is 11.9 Å². The Morgan fingerprint density at radius 2 is 1.38 bits per heavy atom. The van der Waals surface area contributed by atoms with Crippen LogP contribution in [0.3, 0.4) is 0 Å². The van der Waals surface area contributed by atoms with Crippen molar-refractivity contribution in [2.45, 2.75) is 25.7 Å². The quantitative estimate of drug-likeness (QED) is 0.492. The Kier molecular flexibility index (Phi) is 6.37. The van der Waals surface area contributed by atoms with Crippen LogP contribution in [0.1, 0.15) is 25.7 Å². The number of terminal acetylenes is 2. The fourth-order valence-electron chi connectivity index (χ4n) is 1.39. The van der Waals surface area contributed by atoms with Crippen molar-refractivity contribution >= 4 is 11.9 Å². The van der Waals surface area contributed by atoms with E-state index in [-0.39, 0.29) is 42.9 Å². The lowest BCUT2D eigenvalue weighted by atomic mass is 10.3. The van der Waals surface area contributed by atoms with Gasteiger partial charge in [-0.05, 0) is 0 Å². The minimum atomic E-state index is -0.539. The van der Waals surface area contributed by atoms with Gasteiger partial charge in [0.05, 0.1) is 12.8 Å². The third-order valence-electron chi connectivity index (χ3n) is 2.28. The van der Waals surface area contributed by atoms with Gasteiger partial charge in [-0.2, -0.15) is 0 Å². The van der Waals surface area contributed by atoms with Crippen LogP contribution in [-0.2, 0) is 9.59 Å². The standard InChI is InChI=1S/C16H14O5/c1-3-5-7-15(18)20-13-9-12(17)10-14(11-13)21-16(19)8-6-4-2/h1-2,9-11,17H,5-8H2. The molecule has 0 unspecified atom stereocenters. The van der Waals surface area contributed by atoms with E-state index < -0.39 is 11.9 Å². The molecule has 0 aliphatic rings. The number of hydrogen-bond acceptors (Lipinski definition) is 5. The van der Waals surface area contributed by atoms with Crippen LogP contribution in [0.25, 0.3) is 0 Å². The number of phenolic OH excluding ortho intramolecular Hbond substituents is 1. The molecule has 0 saturated carbocycles. The fourth-order valence-corrected chi connectivity index (χ4v) is 1.39. The summed E-state index contributed by atoms with van der Waals surface area (Å²) in [5, 5.41) is 9.52. The van der Waals surface area contributed by atoms with Crippen molar-refractivity contribution in [3.63, 3.8) is 0 Å². The van der Waals surface area contributed by atoms with Crippen LogP contribution in [0, 0.1) is 24.7 Å². The van der Waals surface area contributed by atoms with Crippen LogP contribution in [0.4, 0.5) is 0 Å². The normalized spacial score (nSPS) is 9.24. The second-order valence-electron chi connectivity index (χ2n) is 4.02. The van der Waals surface area contributed by atoms with Crippen LogP contribution in [-0.4, -0.2) is 17.0 Å². The number of ether oxygens (including phenoxy) is 2. The average Bonchev–Trinajstić information content (AvgIpc) is 2.42. The lowest BCUT2D eigenvalue weighted by molar-refractivity contribution is -0.134. The molecule has 0 aromatic heterocycles. The molecule has 108 valence electrons.